The molecule has 1 aliphatic rings. The summed E-state index contributed by atoms with van der Waals surface area (Å²) in [6.45, 7) is 0. The molecule has 116 valence electrons. The molecule has 1 saturated carbocycles. The molecule has 0 aliphatic heterocycles. The van der Waals surface area contributed by atoms with Gasteiger partial charge in [-0.3, -0.25) is 4.79 Å². The molecule has 2 atom stereocenters. The second-order valence-corrected chi connectivity index (χ2v) is 5.63. The number of nitrogens with two attached hydrogens (primary N) is 1. The van der Waals surface area contributed by atoms with Gasteiger partial charge in [0, 0.05) is 18.0 Å². The summed E-state index contributed by atoms with van der Waals surface area (Å²) in [6.07, 6.45) is 4.58. The molecule has 3 aromatic heterocycles. The van der Waals surface area contributed by atoms with E-state index in [-0.39, 0.29) is 5.91 Å². The van der Waals surface area contributed by atoms with Crippen LogP contribution < -0.4 is 11.1 Å². The van der Waals surface area contributed by atoms with Crippen molar-refractivity contribution in [1.29, 1.82) is 0 Å². The second-order valence-electron chi connectivity index (χ2n) is 5.63. The fraction of sp³-hybridized carbons (Fsp3) is 0.188. The number of imidazole rings is 1. The summed E-state index contributed by atoms with van der Waals surface area (Å²) in [6, 6.07) is 7.38. The van der Waals surface area contributed by atoms with Crippen LogP contribution >= 0.6 is 0 Å². The molecule has 3 N–H and O–H groups in total. The van der Waals surface area contributed by atoms with Crippen LogP contribution in [0, 0.1) is 5.92 Å². The van der Waals surface area contributed by atoms with E-state index in [0.717, 1.165) is 11.1 Å². The number of nitrogens with one attached hydrogen (secondary N) is 1. The van der Waals surface area contributed by atoms with Crippen molar-refractivity contribution in [3.63, 3.8) is 0 Å². The van der Waals surface area contributed by atoms with Crippen LogP contribution in [0.5, 0.6) is 0 Å². The lowest BCUT2D eigenvalue weighted by atomic mass is 10.1. The van der Waals surface area contributed by atoms with Gasteiger partial charge in [0.1, 0.15) is 17.6 Å². The van der Waals surface area contributed by atoms with Crippen LogP contribution in [0.2, 0.25) is 0 Å². The standard InChI is InChI=1S/C16H14FN5O/c17-12-5-11(12)16(23)21-14-8-22-7-10(2-4-15(22)20-14)9-1-3-13(18)19-6-9/h1-4,6-8,11-12H,5H2,(H2,18,19)(H,21,23). The second kappa shape index (κ2) is 5.05. The van der Waals surface area contributed by atoms with Gasteiger partial charge >= 0.3 is 0 Å². The maximum Gasteiger partial charge on any atom is 0.231 e. The number of carbonyl (C=O) groups excluding carboxylic acids is 1. The first-order valence-electron chi connectivity index (χ1n) is 7.26. The highest BCUT2D eigenvalue weighted by Crippen LogP contribution is 2.34. The van der Waals surface area contributed by atoms with Crippen molar-refractivity contribution >= 4 is 23.2 Å². The summed E-state index contributed by atoms with van der Waals surface area (Å²) < 4.78 is 14.7. The lowest BCUT2D eigenvalue weighted by Crippen LogP contribution is -2.15. The Morgan fingerprint density at radius 1 is 1.26 bits per heavy atom. The highest BCUT2D eigenvalue weighted by Gasteiger charge is 2.43. The van der Waals surface area contributed by atoms with E-state index >= 15 is 0 Å². The van der Waals surface area contributed by atoms with Crippen molar-refractivity contribution in [3.05, 3.63) is 42.9 Å². The number of rotatable bonds is 3. The van der Waals surface area contributed by atoms with E-state index < -0.39 is 12.1 Å². The monoisotopic (exact) mass is 311 g/mol. The lowest BCUT2D eigenvalue weighted by Gasteiger charge is -2.02. The van der Waals surface area contributed by atoms with Crippen LogP contribution in [0.3, 0.4) is 0 Å². The number of nitrogen functional groups attached to an aromatic ring is 1. The molecule has 6 nitrogen and oxygen atoms in total. The third-order valence-electron chi connectivity index (χ3n) is 3.87. The van der Waals surface area contributed by atoms with Crippen molar-refractivity contribution in [2.24, 2.45) is 5.92 Å². The minimum atomic E-state index is -1.02. The summed E-state index contributed by atoms with van der Waals surface area (Å²) in [5.41, 5.74) is 8.17. The summed E-state index contributed by atoms with van der Waals surface area (Å²) in [7, 11) is 0. The molecule has 7 heteroatoms. The van der Waals surface area contributed by atoms with Gasteiger partial charge in [0.05, 0.1) is 12.1 Å². The van der Waals surface area contributed by atoms with Crippen molar-refractivity contribution in [3.8, 4) is 11.1 Å². The number of aromatic nitrogens is 3. The number of alkyl halides is 1. The number of hydrogen-bond donors (Lipinski definition) is 2. The Balaban J connectivity index is 1.61. The minimum absolute atomic E-state index is 0.299. The van der Waals surface area contributed by atoms with Gasteiger partial charge in [-0.15, -0.1) is 0 Å². The van der Waals surface area contributed by atoms with Gasteiger partial charge in [0.15, 0.2) is 5.82 Å². The Hall–Kier alpha value is -2.96. The lowest BCUT2D eigenvalue weighted by molar-refractivity contribution is -0.117. The average Bonchev–Trinajstić information content (AvgIpc) is 3.14. The van der Waals surface area contributed by atoms with Crippen molar-refractivity contribution in [1.82, 2.24) is 14.4 Å². The molecular weight excluding hydrogens is 297 g/mol. The predicted molar refractivity (Wildman–Crippen MR) is 84.5 cm³/mol. The Kier molecular flexibility index (Phi) is 3.00. The van der Waals surface area contributed by atoms with E-state index in [2.05, 4.69) is 15.3 Å². The van der Waals surface area contributed by atoms with Crippen molar-refractivity contribution in [2.45, 2.75) is 12.6 Å². The largest absolute Gasteiger partial charge is 0.384 e. The first-order chi connectivity index (χ1) is 11.1. The third kappa shape index (κ3) is 2.61. The topological polar surface area (TPSA) is 85.3 Å². The molecule has 0 spiro atoms. The van der Waals surface area contributed by atoms with Gasteiger partial charge in [-0.1, -0.05) is 0 Å². The number of halogens is 1. The van der Waals surface area contributed by atoms with Crippen molar-refractivity contribution < 1.29 is 9.18 Å². The summed E-state index contributed by atoms with van der Waals surface area (Å²) in [5, 5.41) is 2.65. The SMILES string of the molecule is Nc1ccc(-c2ccc3nc(NC(=O)C4CC4F)cn3c2)cn1. The molecular formula is C16H14FN5O. The maximum absolute atomic E-state index is 12.9. The quantitative estimate of drug-likeness (QED) is 0.777. The number of carbonyl (C=O) groups is 1. The number of fused-ring (bicyclic) bond motifs is 1. The van der Waals surface area contributed by atoms with Crippen LogP contribution in [-0.2, 0) is 4.79 Å². The first-order valence-corrected chi connectivity index (χ1v) is 7.26. The zero-order valence-electron chi connectivity index (χ0n) is 12.1. The van der Waals surface area contributed by atoms with Gasteiger partial charge in [0.25, 0.3) is 0 Å². The summed E-state index contributed by atoms with van der Waals surface area (Å²) in [4.78, 5) is 20.1. The van der Waals surface area contributed by atoms with Gasteiger partial charge in [0.2, 0.25) is 5.91 Å². The van der Waals surface area contributed by atoms with Gasteiger partial charge in [-0.2, -0.15) is 0 Å². The summed E-state index contributed by atoms with van der Waals surface area (Å²) >= 11 is 0. The molecule has 23 heavy (non-hydrogen) atoms. The third-order valence-corrected chi connectivity index (χ3v) is 3.87. The molecule has 0 radical (unpaired) electrons. The fourth-order valence-electron chi connectivity index (χ4n) is 2.45. The molecule has 0 aromatic carbocycles. The number of hydrogen-bond acceptors (Lipinski definition) is 4. The molecule has 3 aromatic rings. The van der Waals surface area contributed by atoms with Crippen LogP contribution in [-0.4, -0.2) is 26.4 Å². The fourth-order valence-corrected chi connectivity index (χ4v) is 2.45. The number of pyridine rings is 2. The number of nitrogens with zero attached hydrogens (tertiary/aromatic N) is 3. The minimum Gasteiger partial charge on any atom is -0.384 e. The van der Waals surface area contributed by atoms with Crippen LogP contribution in [0.1, 0.15) is 6.42 Å². The maximum atomic E-state index is 12.9. The normalized spacial score (nSPS) is 19.7. The van der Waals surface area contributed by atoms with E-state index in [1.54, 1.807) is 22.9 Å². The number of amides is 1. The van der Waals surface area contributed by atoms with E-state index in [0.29, 0.717) is 23.7 Å². The van der Waals surface area contributed by atoms with Gasteiger partial charge in [-0.25, -0.2) is 14.4 Å². The molecule has 4 rings (SSSR count). The Labute approximate surface area is 131 Å². The zero-order chi connectivity index (χ0) is 16.0. The number of anilines is 2. The molecule has 0 bridgehead atoms. The smallest absolute Gasteiger partial charge is 0.231 e. The molecule has 0 saturated heterocycles. The molecule has 2 unspecified atom stereocenters. The van der Waals surface area contributed by atoms with Crippen molar-refractivity contribution in [2.75, 3.05) is 11.1 Å². The Bertz CT molecular complexity index is 889. The first kappa shape index (κ1) is 13.7. The Morgan fingerprint density at radius 3 is 2.74 bits per heavy atom. The van der Waals surface area contributed by atoms with Crippen LogP contribution in [0.25, 0.3) is 16.8 Å². The summed E-state index contributed by atoms with van der Waals surface area (Å²) in [5.74, 6) is 0.0375. The predicted octanol–water partition coefficient (Wildman–Crippen LogP) is 2.28. The average molecular weight is 311 g/mol. The van der Waals surface area contributed by atoms with E-state index in [4.69, 9.17) is 5.73 Å². The molecule has 1 aliphatic carbocycles. The molecule has 1 fully saturated rings. The van der Waals surface area contributed by atoms with E-state index in [9.17, 15) is 9.18 Å². The van der Waals surface area contributed by atoms with E-state index in [1.807, 2.05) is 24.4 Å². The molecule has 3 heterocycles. The van der Waals surface area contributed by atoms with Gasteiger partial charge < -0.3 is 15.5 Å². The van der Waals surface area contributed by atoms with Crippen LogP contribution in [0.4, 0.5) is 16.0 Å². The van der Waals surface area contributed by atoms with E-state index in [1.165, 1.54) is 0 Å². The zero-order valence-corrected chi connectivity index (χ0v) is 12.1. The highest BCUT2D eigenvalue weighted by atomic mass is 19.1. The molecule has 1 amide bonds. The van der Waals surface area contributed by atoms with Gasteiger partial charge in [-0.05, 0) is 36.2 Å². The van der Waals surface area contributed by atoms with Crippen LogP contribution in [0.15, 0.2) is 42.9 Å². The Morgan fingerprint density at radius 2 is 2.04 bits per heavy atom. The highest BCUT2D eigenvalue weighted by molar-refractivity contribution is 5.94.